The summed E-state index contributed by atoms with van der Waals surface area (Å²) in [6.45, 7) is 5.97. The molecular formula is C21H23N4O2+. The van der Waals surface area contributed by atoms with E-state index in [0.29, 0.717) is 0 Å². The van der Waals surface area contributed by atoms with Crippen molar-refractivity contribution in [1.29, 1.82) is 5.26 Å². The van der Waals surface area contributed by atoms with Crippen molar-refractivity contribution in [3.63, 3.8) is 0 Å². The van der Waals surface area contributed by atoms with E-state index < -0.39 is 23.8 Å². The van der Waals surface area contributed by atoms with Crippen LogP contribution in [0.1, 0.15) is 31.4 Å². The molecule has 138 valence electrons. The van der Waals surface area contributed by atoms with Gasteiger partial charge in [0.1, 0.15) is 5.92 Å². The highest BCUT2D eigenvalue weighted by Gasteiger charge is 2.50. The van der Waals surface area contributed by atoms with Crippen LogP contribution in [0.15, 0.2) is 54.9 Å². The molecule has 0 aliphatic carbocycles. The third kappa shape index (κ3) is 3.54. The Morgan fingerprint density at radius 3 is 2.22 bits per heavy atom. The lowest BCUT2D eigenvalue weighted by atomic mass is 9.77. The van der Waals surface area contributed by atoms with E-state index in [0.717, 1.165) is 24.3 Å². The first-order valence-electron chi connectivity index (χ1n) is 9.15. The minimum Gasteiger partial charge on any atom is -0.372 e. The second kappa shape index (κ2) is 8.00. The summed E-state index contributed by atoms with van der Waals surface area (Å²) in [5.74, 6) is -2.40. The third-order valence-corrected chi connectivity index (χ3v) is 5.10. The number of benzene rings is 1. The molecule has 1 aliphatic rings. The van der Waals surface area contributed by atoms with Crippen LogP contribution in [0.4, 0.5) is 5.69 Å². The molecule has 1 aromatic heterocycles. The zero-order valence-corrected chi connectivity index (χ0v) is 15.5. The Morgan fingerprint density at radius 1 is 1.04 bits per heavy atom. The zero-order valence-electron chi connectivity index (χ0n) is 15.5. The van der Waals surface area contributed by atoms with Gasteiger partial charge in [-0.3, -0.25) is 14.9 Å². The number of nitriles is 1. The zero-order chi connectivity index (χ0) is 19.4. The Morgan fingerprint density at radius 2 is 1.67 bits per heavy atom. The Kier molecular flexibility index (Phi) is 5.51. The number of piperidine rings is 1. The number of aromatic nitrogens is 1. The maximum atomic E-state index is 12.6. The molecule has 1 aromatic carbocycles. The summed E-state index contributed by atoms with van der Waals surface area (Å²) in [7, 11) is 0. The highest BCUT2D eigenvalue weighted by Crippen LogP contribution is 2.36. The standard InChI is InChI=1S/C21H22N4O2/c1-3-24(4-2)16-10-8-15(9-11-16)18-17(14-22)20(26)23-21(27)19(18)25-12-6-5-7-13-25/h5-13,17-19H,3-4H2,1-2H3/p+1/t17-,18-,19+/m1/s1. The summed E-state index contributed by atoms with van der Waals surface area (Å²) in [6.07, 6.45) is 3.57. The van der Waals surface area contributed by atoms with Gasteiger partial charge in [0.15, 0.2) is 12.4 Å². The summed E-state index contributed by atoms with van der Waals surface area (Å²) in [6, 6.07) is 14.8. The minimum atomic E-state index is -0.931. The molecule has 1 saturated heterocycles. The van der Waals surface area contributed by atoms with Gasteiger partial charge >= 0.3 is 0 Å². The number of imide groups is 1. The highest BCUT2D eigenvalue weighted by molar-refractivity contribution is 6.02. The largest absolute Gasteiger partial charge is 0.372 e. The van der Waals surface area contributed by atoms with Gasteiger partial charge in [-0.1, -0.05) is 18.2 Å². The number of pyridine rings is 1. The van der Waals surface area contributed by atoms with E-state index in [1.807, 2.05) is 42.5 Å². The molecule has 2 aromatic rings. The van der Waals surface area contributed by atoms with E-state index in [9.17, 15) is 14.9 Å². The third-order valence-electron chi connectivity index (χ3n) is 5.10. The number of hydrogen-bond donors (Lipinski definition) is 1. The Bertz CT molecular complexity index is 854. The fourth-order valence-electron chi connectivity index (χ4n) is 3.71. The van der Waals surface area contributed by atoms with Crippen molar-refractivity contribution in [1.82, 2.24) is 5.32 Å². The quantitative estimate of drug-likeness (QED) is 0.651. The number of nitrogens with one attached hydrogen (secondary N) is 1. The Balaban J connectivity index is 2.05. The number of amides is 2. The molecule has 0 unspecified atom stereocenters. The summed E-state index contributed by atoms with van der Waals surface area (Å²) >= 11 is 0. The first-order valence-corrected chi connectivity index (χ1v) is 9.15. The van der Waals surface area contributed by atoms with Crippen molar-refractivity contribution in [2.24, 2.45) is 5.92 Å². The summed E-state index contributed by atoms with van der Waals surface area (Å²) in [5, 5.41) is 12.0. The van der Waals surface area contributed by atoms with Crippen LogP contribution >= 0.6 is 0 Å². The lowest BCUT2D eigenvalue weighted by molar-refractivity contribution is -0.713. The van der Waals surface area contributed by atoms with Crippen molar-refractivity contribution in [3.8, 4) is 6.07 Å². The van der Waals surface area contributed by atoms with Crippen LogP contribution in [0.2, 0.25) is 0 Å². The van der Waals surface area contributed by atoms with Crippen LogP contribution in [-0.2, 0) is 9.59 Å². The van der Waals surface area contributed by atoms with Crippen LogP contribution in [0, 0.1) is 17.2 Å². The van der Waals surface area contributed by atoms with Crippen molar-refractivity contribution < 1.29 is 14.2 Å². The molecule has 0 radical (unpaired) electrons. The van der Waals surface area contributed by atoms with Crippen LogP contribution in [0.25, 0.3) is 0 Å². The molecule has 6 heteroatoms. The van der Waals surface area contributed by atoms with Gasteiger partial charge in [0, 0.05) is 30.9 Å². The first kappa shape index (κ1) is 18.6. The van der Waals surface area contributed by atoms with Gasteiger partial charge < -0.3 is 4.90 Å². The van der Waals surface area contributed by atoms with Gasteiger partial charge in [0.25, 0.3) is 5.91 Å². The number of anilines is 1. The van der Waals surface area contributed by atoms with E-state index in [-0.39, 0.29) is 5.91 Å². The lowest BCUT2D eigenvalue weighted by Gasteiger charge is -2.30. The Hall–Kier alpha value is -3.20. The number of carbonyl (C=O) groups excluding carboxylic acids is 2. The van der Waals surface area contributed by atoms with Gasteiger partial charge in [-0.25, -0.2) is 0 Å². The number of carbonyl (C=O) groups is 2. The van der Waals surface area contributed by atoms with Gasteiger partial charge in [-0.15, -0.1) is 0 Å². The summed E-state index contributed by atoms with van der Waals surface area (Å²) in [4.78, 5) is 27.2. The molecule has 27 heavy (non-hydrogen) atoms. The molecule has 2 heterocycles. The van der Waals surface area contributed by atoms with Crippen LogP contribution in [0.5, 0.6) is 0 Å². The van der Waals surface area contributed by atoms with Gasteiger partial charge in [-0.05, 0) is 31.5 Å². The molecule has 3 atom stereocenters. The fraction of sp³-hybridized carbons (Fsp3) is 0.333. The second-order valence-electron chi connectivity index (χ2n) is 6.52. The van der Waals surface area contributed by atoms with Crippen LogP contribution in [-0.4, -0.2) is 24.9 Å². The summed E-state index contributed by atoms with van der Waals surface area (Å²) in [5.41, 5.74) is 1.88. The molecule has 1 fully saturated rings. The van der Waals surface area contributed by atoms with Crippen molar-refractivity contribution in [3.05, 3.63) is 60.4 Å². The molecule has 6 nitrogen and oxygen atoms in total. The normalized spacial score (nSPS) is 22.0. The lowest BCUT2D eigenvalue weighted by Crippen LogP contribution is -2.59. The molecule has 1 aliphatic heterocycles. The molecule has 2 amide bonds. The van der Waals surface area contributed by atoms with E-state index in [1.165, 1.54) is 0 Å². The second-order valence-corrected chi connectivity index (χ2v) is 6.52. The van der Waals surface area contributed by atoms with E-state index in [1.54, 1.807) is 17.0 Å². The molecular weight excluding hydrogens is 340 g/mol. The molecule has 3 rings (SSSR count). The predicted molar refractivity (Wildman–Crippen MR) is 101 cm³/mol. The predicted octanol–water partition coefficient (Wildman–Crippen LogP) is 1.94. The van der Waals surface area contributed by atoms with Gasteiger partial charge in [-0.2, -0.15) is 9.83 Å². The van der Waals surface area contributed by atoms with Crippen molar-refractivity contribution >= 4 is 17.5 Å². The van der Waals surface area contributed by atoms with E-state index in [2.05, 4.69) is 30.1 Å². The van der Waals surface area contributed by atoms with E-state index >= 15 is 0 Å². The molecule has 0 saturated carbocycles. The van der Waals surface area contributed by atoms with Crippen molar-refractivity contribution in [2.75, 3.05) is 18.0 Å². The van der Waals surface area contributed by atoms with Gasteiger partial charge in [0.05, 0.1) is 12.0 Å². The smallest absolute Gasteiger partial charge is 0.296 e. The average molecular weight is 363 g/mol. The fourth-order valence-corrected chi connectivity index (χ4v) is 3.71. The monoisotopic (exact) mass is 363 g/mol. The Labute approximate surface area is 159 Å². The topological polar surface area (TPSA) is 77.1 Å². The van der Waals surface area contributed by atoms with Crippen LogP contribution < -0.4 is 14.8 Å². The van der Waals surface area contributed by atoms with Crippen molar-refractivity contribution in [2.45, 2.75) is 25.8 Å². The number of nitrogens with zero attached hydrogens (tertiary/aromatic N) is 3. The maximum absolute atomic E-state index is 12.6. The molecule has 1 N–H and O–H groups in total. The number of hydrogen-bond acceptors (Lipinski definition) is 4. The van der Waals surface area contributed by atoms with Gasteiger partial charge in [0.2, 0.25) is 11.9 Å². The van der Waals surface area contributed by atoms with E-state index in [4.69, 9.17) is 0 Å². The maximum Gasteiger partial charge on any atom is 0.296 e. The highest BCUT2D eigenvalue weighted by atomic mass is 16.2. The first-order chi connectivity index (χ1) is 13.1. The van der Waals surface area contributed by atoms with Crippen LogP contribution in [0.3, 0.4) is 0 Å². The minimum absolute atomic E-state index is 0.388. The summed E-state index contributed by atoms with van der Waals surface area (Å²) < 4.78 is 1.76. The molecule has 0 spiro atoms. The number of rotatable bonds is 5. The SMILES string of the molecule is CCN(CC)c1ccc([C@H]2[C@H]([n+]3ccccc3)C(=O)NC(=O)[C@@H]2C#N)cc1. The average Bonchev–Trinajstić information content (AvgIpc) is 2.69. The molecule has 0 bridgehead atoms.